The number of nitrogens with one attached hydrogen (secondary N) is 1. The predicted molar refractivity (Wildman–Crippen MR) is 82.5 cm³/mol. The van der Waals surface area contributed by atoms with E-state index in [1.165, 1.54) is 5.69 Å². The zero-order chi connectivity index (χ0) is 13.9. The summed E-state index contributed by atoms with van der Waals surface area (Å²) in [7, 11) is 0. The van der Waals surface area contributed by atoms with Crippen molar-refractivity contribution < 1.29 is 5.11 Å². The Morgan fingerprint density at radius 3 is 2.45 bits per heavy atom. The molecule has 0 radical (unpaired) electrons. The number of piperazine rings is 1. The normalized spacial score (nSPS) is 28.0. The van der Waals surface area contributed by atoms with Gasteiger partial charge >= 0.3 is 0 Å². The lowest BCUT2D eigenvalue weighted by molar-refractivity contribution is 0.185. The van der Waals surface area contributed by atoms with Crippen LogP contribution in [0.5, 0.6) is 0 Å². The van der Waals surface area contributed by atoms with Gasteiger partial charge in [-0.2, -0.15) is 0 Å². The van der Waals surface area contributed by atoms with E-state index in [9.17, 15) is 5.11 Å². The van der Waals surface area contributed by atoms with Gasteiger partial charge in [-0.3, -0.25) is 4.90 Å². The van der Waals surface area contributed by atoms with Crippen LogP contribution in [0.3, 0.4) is 0 Å². The lowest BCUT2D eigenvalue weighted by atomic mass is 10.1. The highest BCUT2D eigenvalue weighted by Gasteiger charge is 2.25. The van der Waals surface area contributed by atoms with Crippen LogP contribution in [0.15, 0.2) is 24.3 Å². The molecule has 2 unspecified atom stereocenters. The Labute approximate surface area is 125 Å². The fourth-order valence-electron chi connectivity index (χ4n) is 3.09. The summed E-state index contributed by atoms with van der Waals surface area (Å²) in [6.07, 6.45) is 0.729. The van der Waals surface area contributed by atoms with Crippen LogP contribution in [0, 0.1) is 0 Å². The second kappa shape index (κ2) is 6.31. The Morgan fingerprint density at radius 2 is 1.85 bits per heavy atom. The largest absolute Gasteiger partial charge is 0.392 e. The highest BCUT2D eigenvalue weighted by atomic mass is 35.5. The fourth-order valence-corrected chi connectivity index (χ4v) is 3.22. The average molecular weight is 296 g/mol. The van der Waals surface area contributed by atoms with Gasteiger partial charge < -0.3 is 15.3 Å². The molecule has 0 amide bonds. The minimum Gasteiger partial charge on any atom is -0.392 e. The Bertz CT molecular complexity index is 431. The lowest BCUT2D eigenvalue weighted by Crippen LogP contribution is -2.49. The number of β-amino-alcohol motifs (C(OH)–C–C–N with tert-alkyl or cyclic N) is 1. The third-order valence-corrected chi connectivity index (χ3v) is 4.49. The predicted octanol–water partition coefficient (Wildman–Crippen LogP) is 1.18. The number of anilines is 1. The third-order valence-electron chi connectivity index (χ3n) is 4.24. The van der Waals surface area contributed by atoms with Gasteiger partial charge in [-0.15, -0.1) is 0 Å². The first-order valence-corrected chi connectivity index (χ1v) is 7.73. The summed E-state index contributed by atoms with van der Waals surface area (Å²) in [5.41, 5.74) is 1.25. The second-order valence-electron chi connectivity index (χ2n) is 5.76. The molecule has 2 N–H and O–H groups in total. The molecule has 2 atom stereocenters. The van der Waals surface area contributed by atoms with Gasteiger partial charge in [0.1, 0.15) is 0 Å². The van der Waals surface area contributed by atoms with Crippen LogP contribution in [0.4, 0.5) is 5.69 Å². The number of benzene rings is 1. The maximum Gasteiger partial charge on any atom is 0.0680 e. The van der Waals surface area contributed by atoms with Crippen LogP contribution in [0.25, 0.3) is 0 Å². The van der Waals surface area contributed by atoms with Crippen LogP contribution >= 0.6 is 11.6 Å². The number of aliphatic hydroxyl groups excluding tert-OH is 1. The van der Waals surface area contributed by atoms with Crippen molar-refractivity contribution in [1.82, 2.24) is 10.2 Å². The SMILES string of the molecule is OC1CNC(CN2CCN(c3ccc(Cl)cc3)CC2)C1. The first kappa shape index (κ1) is 14.1. The molecule has 1 aromatic carbocycles. The topological polar surface area (TPSA) is 38.7 Å². The number of hydrogen-bond donors (Lipinski definition) is 2. The summed E-state index contributed by atoms with van der Waals surface area (Å²) >= 11 is 5.93. The molecule has 5 heteroatoms. The summed E-state index contributed by atoms with van der Waals surface area (Å²) in [5.74, 6) is 0. The summed E-state index contributed by atoms with van der Waals surface area (Å²) < 4.78 is 0. The van der Waals surface area contributed by atoms with Crippen molar-refractivity contribution >= 4 is 17.3 Å². The van der Waals surface area contributed by atoms with E-state index in [2.05, 4.69) is 27.2 Å². The van der Waals surface area contributed by atoms with Crippen LogP contribution < -0.4 is 10.2 Å². The second-order valence-corrected chi connectivity index (χ2v) is 6.20. The van der Waals surface area contributed by atoms with Crippen molar-refractivity contribution in [1.29, 1.82) is 0 Å². The maximum absolute atomic E-state index is 9.54. The molecule has 3 rings (SSSR count). The minimum atomic E-state index is -0.157. The molecule has 0 spiro atoms. The Balaban J connectivity index is 1.48. The van der Waals surface area contributed by atoms with Gasteiger partial charge in [-0.25, -0.2) is 0 Å². The Hall–Kier alpha value is -0.810. The fraction of sp³-hybridized carbons (Fsp3) is 0.600. The van der Waals surface area contributed by atoms with Crippen LogP contribution in [-0.4, -0.2) is 61.4 Å². The number of nitrogens with zero attached hydrogens (tertiary/aromatic N) is 2. The summed E-state index contributed by atoms with van der Waals surface area (Å²) in [4.78, 5) is 4.89. The van der Waals surface area contributed by atoms with Crippen molar-refractivity contribution in [3.8, 4) is 0 Å². The maximum atomic E-state index is 9.54. The van der Waals surface area contributed by atoms with Gasteiger partial charge in [0.05, 0.1) is 6.10 Å². The minimum absolute atomic E-state index is 0.157. The molecule has 1 aromatic rings. The molecule has 2 heterocycles. The molecule has 2 aliphatic rings. The third kappa shape index (κ3) is 3.44. The van der Waals surface area contributed by atoms with Gasteiger partial charge in [0.25, 0.3) is 0 Å². The van der Waals surface area contributed by atoms with Crippen LogP contribution in [0.2, 0.25) is 5.02 Å². The molecule has 0 saturated carbocycles. The van der Waals surface area contributed by atoms with Gasteiger partial charge in [0.2, 0.25) is 0 Å². The van der Waals surface area contributed by atoms with Crippen molar-refractivity contribution in [3.05, 3.63) is 29.3 Å². The zero-order valence-corrected chi connectivity index (χ0v) is 12.4. The number of aliphatic hydroxyl groups is 1. The van der Waals surface area contributed by atoms with E-state index in [-0.39, 0.29) is 6.10 Å². The number of hydrogen-bond acceptors (Lipinski definition) is 4. The summed E-state index contributed by atoms with van der Waals surface area (Å²) in [6, 6.07) is 8.53. The number of rotatable bonds is 3. The van der Waals surface area contributed by atoms with E-state index in [4.69, 9.17) is 11.6 Å². The lowest BCUT2D eigenvalue weighted by Gasteiger charge is -2.37. The first-order chi connectivity index (χ1) is 9.70. The first-order valence-electron chi connectivity index (χ1n) is 7.35. The molecule has 2 aliphatic heterocycles. The molecule has 2 fully saturated rings. The molecule has 4 nitrogen and oxygen atoms in total. The van der Waals surface area contributed by atoms with Crippen LogP contribution in [-0.2, 0) is 0 Å². The molecule has 110 valence electrons. The standard InChI is InChI=1S/C15H22ClN3O/c16-12-1-3-14(4-2-12)19-7-5-18(6-8-19)11-13-9-15(20)10-17-13/h1-4,13,15,17,20H,5-11H2. The molecule has 2 saturated heterocycles. The van der Waals surface area contributed by atoms with E-state index < -0.39 is 0 Å². The van der Waals surface area contributed by atoms with Crippen LogP contribution in [0.1, 0.15) is 6.42 Å². The van der Waals surface area contributed by atoms with Gasteiger partial charge in [-0.1, -0.05) is 11.6 Å². The average Bonchev–Trinajstić information content (AvgIpc) is 2.86. The highest BCUT2D eigenvalue weighted by Crippen LogP contribution is 2.19. The quantitative estimate of drug-likeness (QED) is 0.878. The molecular weight excluding hydrogens is 274 g/mol. The van der Waals surface area contributed by atoms with Crippen molar-refractivity contribution in [2.75, 3.05) is 44.2 Å². The Morgan fingerprint density at radius 1 is 1.15 bits per heavy atom. The molecule has 0 bridgehead atoms. The highest BCUT2D eigenvalue weighted by molar-refractivity contribution is 6.30. The van der Waals surface area contributed by atoms with E-state index in [0.29, 0.717) is 6.04 Å². The van der Waals surface area contributed by atoms with E-state index >= 15 is 0 Å². The summed E-state index contributed by atoms with van der Waals surface area (Å²) in [6.45, 7) is 6.06. The van der Waals surface area contributed by atoms with E-state index in [1.54, 1.807) is 0 Å². The molecule has 20 heavy (non-hydrogen) atoms. The van der Waals surface area contributed by atoms with Gasteiger partial charge in [0, 0.05) is 56.0 Å². The smallest absolute Gasteiger partial charge is 0.0680 e. The summed E-state index contributed by atoms with van der Waals surface area (Å²) in [5, 5.41) is 13.7. The van der Waals surface area contributed by atoms with E-state index in [0.717, 1.165) is 50.7 Å². The van der Waals surface area contributed by atoms with E-state index in [1.807, 2.05) is 12.1 Å². The molecule has 0 aliphatic carbocycles. The molecule has 0 aromatic heterocycles. The number of halogens is 1. The van der Waals surface area contributed by atoms with Crippen molar-refractivity contribution in [3.63, 3.8) is 0 Å². The van der Waals surface area contributed by atoms with Crippen molar-refractivity contribution in [2.45, 2.75) is 18.6 Å². The zero-order valence-electron chi connectivity index (χ0n) is 11.6. The van der Waals surface area contributed by atoms with Crippen molar-refractivity contribution in [2.24, 2.45) is 0 Å². The molecular formula is C15H22ClN3O. The van der Waals surface area contributed by atoms with Gasteiger partial charge in [-0.05, 0) is 30.7 Å². The monoisotopic (exact) mass is 295 g/mol. The Kier molecular flexibility index (Phi) is 4.46. The van der Waals surface area contributed by atoms with Gasteiger partial charge in [0.15, 0.2) is 0 Å².